The molecule has 1 saturated carbocycles. The van der Waals surface area contributed by atoms with Gasteiger partial charge in [0.25, 0.3) is 6.43 Å². The van der Waals surface area contributed by atoms with Gasteiger partial charge in [-0.2, -0.15) is 0 Å². The van der Waals surface area contributed by atoms with Crippen molar-refractivity contribution in [3.05, 3.63) is 35.9 Å². The molecule has 4 heterocycles. The van der Waals surface area contributed by atoms with Crippen molar-refractivity contribution >= 4 is 11.9 Å². The Bertz CT molecular complexity index is 1090. The third-order valence-corrected chi connectivity index (χ3v) is 11.1. The molecule has 4 aliphatic heterocycles. The first-order chi connectivity index (χ1) is 19.6. The quantitative estimate of drug-likeness (QED) is 0.395. The van der Waals surface area contributed by atoms with Crippen molar-refractivity contribution < 1.29 is 18.4 Å². The second-order valence-electron chi connectivity index (χ2n) is 14.5. The lowest BCUT2D eigenvalue weighted by atomic mass is 9.80. The zero-order chi connectivity index (χ0) is 28.9. The van der Waals surface area contributed by atoms with Crippen LogP contribution in [0, 0.1) is 17.3 Å². The van der Waals surface area contributed by atoms with Gasteiger partial charge in [-0.25, -0.2) is 13.6 Å². The number of urea groups is 1. The average Bonchev–Trinajstić information content (AvgIpc) is 3.67. The summed E-state index contributed by atoms with van der Waals surface area (Å²) in [6, 6.07) is 11.2. The second-order valence-corrected chi connectivity index (χ2v) is 14.5. The molecule has 226 valence electrons. The summed E-state index contributed by atoms with van der Waals surface area (Å²) in [4.78, 5) is 35.4. The van der Waals surface area contributed by atoms with Crippen LogP contribution in [0.25, 0.3) is 0 Å². The van der Waals surface area contributed by atoms with E-state index in [1.807, 2.05) is 4.90 Å². The largest absolute Gasteiger partial charge is 0.341 e. The number of amides is 3. The average molecular weight is 571 g/mol. The zero-order valence-electron chi connectivity index (χ0n) is 25.1. The van der Waals surface area contributed by atoms with Crippen molar-refractivity contribution in [2.75, 3.05) is 39.3 Å². The van der Waals surface area contributed by atoms with Crippen LogP contribution in [0.5, 0.6) is 0 Å². The molecule has 6 rings (SSSR count). The summed E-state index contributed by atoms with van der Waals surface area (Å²) in [5.41, 5.74) is 0.745. The Morgan fingerprint density at radius 1 is 1.00 bits per heavy atom. The number of nitrogens with zero attached hydrogens (tertiary/aromatic N) is 4. The van der Waals surface area contributed by atoms with Crippen LogP contribution in [-0.2, 0) is 4.79 Å². The molecule has 5 fully saturated rings. The van der Waals surface area contributed by atoms with Gasteiger partial charge in [0.15, 0.2) is 0 Å². The summed E-state index contributed by atoms with van der Waals surface area (Å²) in [5.74, 6) is 1.29. The van der Waals surface area contributed by atoms with Crippen LogP contribution in [0.15, 0.2) is 30.3 Å². The predicted molar refractivity (Wildman–Crippen MR) is 156 cm³/mol. The first kappa shape index (κ1) is 28.9. The van der Waals surface area contributed by atoms with Crippen molar-refractivity contribution in [2.45, 2.75) is 102 Å². The van der Waals surface area contributed by atoms with Gasteiger partial charge in [-0.05, 0) is 55.9 Å². The summed E-state index contributed by atoms with van der Waals surface area (Å²) < 4.78 is 26.8. The number of halogens is 2. The molecule has 0 N–H and O–H groups in total. The monoisotopic (exact) mass is 570 g/mol. The first-order valence-electron chi connectivity index (χ1n) is 16.0. The number of carbonyl (C=O) groups is 2. The minimum atomic E-state index is -2.51. The van der Waals surface area contributed by atoms with E-state index in [0.29, 0.717) is 42.9 Å². The van der Waals surface area contributed by atoms with E-state index in [0.717, 1.165) is 71.0 Å². The van der Waals surface area contributed by atoms with Crippen molar-refractivity contribution in [1.82, 2.24) is 19.6 Å². The van der Waals surface area contributed by atoms with Gasteiger partial charge >= 0.3 is 6.03 Å². The molecule has 0 radical (unpaired) electrons. The van der Waals surface area contributed by atoms with Crippen molar-refractivity contribution in [2.24, 2.45) is 17.3 Å². The van der Waals surface area contributed by atoms with Crippen LogP contribution in [-0.4, -0.2) is 94.9 Å². The Balaban J connectivity index is 1.21. The fraction of sp³-hybridized carbons (Fsp3) is 0.758. The molecule has 1 aromatic carbocycles. The van der Waals surface area contributed by atoms with E-state index in [2.05, 4.69) is 60.9 Å². The van der Waals surface area contributed by atoms with Crippen LogP contribution in [0.3, 0.4) is 0 Å². The van der Waals surface area contributed by atoms with Crippen LogP contribution in [0.4, 0.5) is 13.6 Å². The van der Waals surface area contributed by atoms with Crippen molar-refractivity contribution in [1.29, 1.82) is 0 Å². The maximum absolute atomic E-state index is 13.8. The number of piperidine rings is 1. The lowest BCUT2D eigenvalue weighted by molar-refractivity contribution is -0.140. The molecule has 2 unspecified atom stereocenters. The minimum Gasteiger partial charge on any atom is -0.341 e. The van der Waals surface area contributed by atoms with Crippen molar-refractivity contribution in [3.8, 4) is 0 Å². The number of carbonyl (C=O) groups excluding carboxylic acids is 2. The second kappa shape index (κ2) is 11.1. The van der Waals surface area contributed by atoms with E-state index in [1.54, 1.807) is 0 Å². The molecule has 5 aliphatic rings. The summed E-state index contributed by atoms with van der Waals surface area (Å²) in [7, 11) is 0. The molecule has 3 amide bonds. The van der Waals surface area contributed by atoms with Gasteiger partial charge in [0, 0.05) is 56.1 Å². The Morgan fingerprint density at radius 2 is 1.66 bits per heavy atom. The number of rotatable bonds is 8. The van der Waals surface area contributed by atoms with E-state index in [4.69, 9.17) is 0 Å². The molecule has 8 heteroatoms. The van der Waals surface area contributed by atoms with Crippen LogP contribution >= 0.6 is 0 Å². The summed E-state index contributed by atoms with van der Waals surface area (Å²) in [6.07, 6.45) is 5.66. The number of hydrogen-bond acceptors (Lipinski definition) is 3. The lowest BCUT2D eigenvalue weighted by Crippen LogP contribution is -2.59. The molecule has 1 spiro atoms. The molecular weight excluding hydrogens is 522 g/mol. The number of fused-ring (bicyclic) bond motifs is 2. The molecular formula is C33H48F2N4O2. The molecule has 2 bridgehead atoms. The molecule has 0 aromatic heterocycles. The minimum absolute atomic E-state index is 0.207. The third kappa shape index (κ3) is 5.38. The van der Waals surface area contributed by atoms with Crippen LogP contribution in [0.1, 0.15) is 83.6 Å². The van der Waals surface area contributed by atoms with E-state index >= 15 is 0 Å². The fourth-order valence-corrected chi connectivity index (χ4v) is 9.21. The van der Waals surface area contributed by atoms with Gasteiger partial charge in [0.1, 0.15) is 0 Å². The number of hydrogen-bond donors (Lipinski definition) is 0. The number of benzene rings is 1. The highest BCUT2D eigenvalue weighted by molar-refractivity contribution is 5.83. The fourth-order valence-electron chi connectivity index (χ4n) is 9.21. The van der Waals surface area contributed by atoms with Gasteiger partial charge < -0.3 is 14.7 Å². The van der Waals surface area contributed by atoms with Crippen LogP contribution < -0.4 is 0 Å². The standard InChI is InChI=1S/C33H48F2N4O2/c1-23(2)17-39-31(41)37(21-29(34)35)22-33(39)15-26-11-12-27(16-33)38(26)19-25-18-36(30(40)32(3)13-7-8-14-32)20-28(25)24-9-5-4-6-10-24/h4-6,9-10,23,25-29H,7-8,11-22H2,1-3H3/t25-,26?,27?,28-,33?/m1/s1. The Hall–Kier alpha value is -2.22. The van der Waals surface area contributed by atoms with Gasteiger partial charge in [-0.15, -0.1) is 0 Å². The first-order valence-corrected chi connectivity index (χ1v) is 16.0. The Morgan fingerprint density at radius 3 is 2.27 bits per heavy atom. The number of likely N-dealkylation sites (tertiary alicyclic amines) is 1. The smallest absolute Gasteiger partial charge is 0.320 e. The topological polar surface area (TPSA) is 47.1 Å². The third-order valence-electron chi connectivity index (χ3n) is 11.1. The highest BCUT2D eigenvalue weighted by Crippen LogP contribution is 2.49. The molecule has 1 aromatic rings. The van der Waals surface area contributed by atoms with Crippen molar-refractivity contribution in [3.63, 3.8) is 0 Å². The normalized spacial score (nSPS) is 33.3. The van der Waals surface area contributed by atoms with Crippen LogP contribution in [0.2, 0.25) is 0 Å². The molecule has 6 nitrogen and oxygen atoms in total. The van der Waals surface area contributed by atoms with E-state index < -0.39 is 13.0 Å². The summed E-state index contributed by atoms with van der Waals surface area (Å²) in [6.45, 7) is 9.47. The molecule has 4 atom stereocenters. The number of alkyl halides is 2. The van der Waals surface area contributed by atoms with Gasteiger partial charge in [-0.1, -0.05) is 63.9 Å². The Labute approximate surface area is 244 Å². The molecule has 4 saturated heterocycles. The highest BCUT2D eigenvalue weighted by atomic mass is 19.3. The maximum atomic E-state index is 13.8. The van der Waals surface area contributed by atoms with E-state index in [9.17, 15) is 18.4 Å². The highest BCUT2D eigenvalue weighted by Gasteiger charge is 2.58. The SMILES string of the molecule is CC(C)CN1C(=O)N(CC(F)F)CC12CC1CCC(C2)N1C[C@H]1CN(C(=O)C2(C)CCCC2)C[C@@H]1c1ccccc1. The zero-order valence-corrected chi connectivity index (χ0v) is 25.1. The molecule has 41 heavy (non-hydrogen) atoms. The van der Waals surface area contributed by atoms with Gasteiger partial charge in [0.2, 0.25) is 5.91 Å². The lowest BCUT2D eigenvalue weighted by Gasteiger charge is -2.49. The Kier molecular flexibility index (Phi) is 7.84. The van der Waals surface area contributed by atoms with Gasteiger partial charge in [0.05, 0.1) is 12.1 Å². The van der Waals surface area contributed by atoms with E-state index in [1.165, 1.54) is 10.5 Å². The predicted octanol–water partition coefficient (Wildman–Crippen LogP) is 5.83. The maximum Gasteiger partial charge on any atom is 0.320 e. The van der Waals surface area contributed by atoms with Gasteiger partial charge in [-0.3, -0.25) is 9.69 Å². The summed E-state index contributed by atoms with van der Waals surface area (Å²) in [5, 5.41) is 0. The van der Waals surface area contributed by atoms with E-state index in [-0.39, 0.29) is 22.9 Å². The molecule has 1 aliphatic carbocycles. The summed E-state index contributed by atoms with van der Waals surface area (Å²) >= 11 is 0.